The summed E-state index contributed by atoms with van der Waals surface area (Å²) in [5.74, 6) is -1.27. The Morgan fingerprint density at radius 1 is 1.18 bits per heavy atom. The molecule has 2 aromatic rings. The molecule has 210 valence electrons. The summed E-state index contributed by atoms with van der Waals surface area (Å²) in [5.41, 5.74) is 0.719. The number of aryl methyl sites for hydroxylation is 1. The van der Waals surface area contributed by atoms with Gasteiger partial charge in [-0.3, -0.25) is 9.59 Å². The van der Waals surface area contributed by atoms with Gasteiger partial charge in [-0.15, -0.1) is 0 Å². The topological polar surface area (TPSA) is 148 Å². The molecule has 0 aliphatic carbocycles. The van der Waals surface area contributed by atoms with Crippen LogP contribution in [0.1, 0.15) is 70.1 Å². The molecular weight excluding hydrogens is 536 g/mol. The van der Waals surface area contributed by atoms with E-state index < -0.39 is 11.9 Å². The predicted molar refractivity (Wildman–Crippen MR) is 143 cm³/mol. The van der Waals surface area contributed by atoms with E-state index in [-0.39, 0.29) is 52.8 Å². The smallest absolute Gasteiger partial charge is 0.350 e. The van der Waals surface area contributed by atoms with Crippen molar-refractivity contribution in [1.29, 1.82) is 0 Å². The lowest BCUT2D eigenvalue weighted by Crippen LogP contribution is -2.55. The lowest BCUT2D eigenvalue weighted by Gasteiger charge is -2.38. The van der Waals surface area contributed by atoms with E-state index in [4.69, 9.17) is 25.8 Å². The number of aromatic amines is 1. The van der Waals surface area contributed by atoms with E-state index in [1.165, 1.54) is 7.11 Å². The van der Waals surface area contributed by atoms with Crippen LogP contribution in [0.15, 0.2) is 0 Å². The highest BCUT2D eigenvalue weighted by molar-refractivity contribution is 7.17. The standard InChI is InChI=1S/C24H35ClN6O6S/c1-5-11-37-16-13-31(10-8-15(16)28-22(33)20-27-14(6-2)19(25)30-20)24-29-17(21(32)26-9-12-35-4)18(38-24)23(34)36-7-3/h15-16H,5-13H2,1-4H3,(H,26,32)(H,27,30)(H,28,33)/t15-,16+/m1/s1. The first-order valence-corrected chi connectivity index (χ1v) is 13.9. The lowest BCUT2D eigenvalue weighted by atomic mass is 10.0. The van der Waals surface area contributed by atoms with E-state index in [9.17, 15) is 14.4 Å². The quantitative estimate of drug-likeness (QED) is 0.244. The monoisotopic (exact) mass is 570 g/mol. The molecule has 3 heterocycles. The highest BCUT2D eigenvalue weighted by atomic mass is 35.5. The first-order valence-electron chi connectivity index (χ1n) is 12.7. The van der Waals surface area contributed by atoms with Crippen LogP contribution in [0.5, 0.6) is 0 Å². The van der Waals surface area contributed by atoms with Crippen LogP contribution in [0.4, 0.5) is 5.13 Å². The minimum Gasteiger partial charge on any atom is -0.462 e. The van der Waals surface area contributed by atoms with Gasteiger partial charge in [0.15, 0.2) is 21.8 Å². The van der Waals surface area contributed by atoms with Crippen molar-refractivity contribution in [2.45, 2.75) is 52.2 Å². The van der Waals surface area contributed by atoms with Crippen molar-refractivity contribution >= 4 is 45.9 Å². The number of nitrogens with one attached hydrogen (secondary N) is 3. The van der Waals surface area contributed by atoms with Gasteiger partial charge in [-0.2, -0.15) is 0 Å². The summed E-state index contributed by atoms with van der Waals surface area (Å²) < 4.78 is 16.2. The van der Waals surface area contributed by atoms with Gasteiger partial charge in [0.2, 0.25) is 0 Å². The van der Waals surface area contributed by atoms with E-state index in [0.29, 0.717) is 50.0 Å². The predicted octanol–water partition coefficient (Wildman–Crippen LogP) is 2.44. The third-order valence-corrected chi connectivity index (χ3v) is 7.27. The van der Waals surface area contributed by atoms with E-state index in [1.807, 2.05) is 18.7 Å². The molecule has 12 nitrogen and oxygen atoms in total. The zero-order chi connectivity index (χ0) is 27.7. The van der Waals surface area contributed by atoms with Gasteiger partial charge in [-0.25, -0.2) is 14.8 Å². The molecule has 2 aromatic heterocycles. The first-order chi connectivity index (χ1) is 18.3. The Balaban J connectivity index is 1.78. The van der Waals surface area contributed by atoms with Gasteiger partial charge in [-0.05, 0) is 26.2 Å². The van der Waals surface area contributed by atoms with Gasteiger partial charge in [0, 0.05) is 33.4 Å². The van der Waals surface area contributed by atoms with Crippen LogP contribution in [-0.2, 0) is 20.6 Å². The molecule has 0 bridgehead atoms. The van der Waals surface area contributed by atoms with Crippen LogP contribution < -0.4 is 15.5 Å². The van der Waals surface area contributed by atoms with E-state index in [1.54, 1.807) is 6.92 Å². The number of aromatic nitrogens is 3. The SMILES string of the molecule is CCCO[C@H]1CN(c2nc(C(=O)NCCOC)c(C(=O)OCC)s2)CC[C@H]1NC(=O)c1nc(Cl)c(CC)[nH]1. The summed E-state index contributed by atoms with van der Waals surface area (Å²) in [6.45, 7) is 7.86. The molecule has 38 heavy (non-hydrogen) atoms. The minimum absolute atomic E-state index is 0.0161. The number of carbonyl (C=O) groups is 3. The lowest BCUT2D eigenvalue weighted by molar-refractivity contribution is 0.0204. The number of ether oxygens (including phenoxy) is 3. The molecular formula is C24H35ClN6O6S. The summed E-state index contributed by atoms with van der Waals surface area (Å²) >= 11 is 7.21. The molecule has 3 rings (SSSR count). The number of thiazole rings is 1. The normalized spacial score (nSPS) is 17.3. The first kappa shape index (κ1) is 29.8. The van der Waals surface area contributed by atoms with E-state index in [2.05, 4.69) is 25.6 Å². The number of methoxy groups -OCH3 is 1. The number of carbonyl (C=O) groups excluding carboxylic acids is 3. The maximum atomic E-state index is 12.9. The summed E-state index contributed by atoms with van der Waals surface area (Å²) in [4.78, 5) is 51.9. The molecule has 14 heteroatoms. The van der Waals surface area contributed by atoms with E-state index in [0.717, 1.165) is 17.8 Å². The second-order valence-electron chi connectivity index (χ2n) is 8.58. The van der Waals surface area contributed by atoms with Crippen molar-refractivity contribution in [2.75, 3.05) is 51.5 Å². The molecule has 1 saturated heterocycles. The van der Waals surface area contributed by atoms with Gasteiger partial charge >= 0.3 is 5.97 Å². The van der Waals surface area contributed by atoms with Crippen molar-refractivity contribution in [3.05, 3.63) is 27.2 Å². The Morgan fingerprint density at radius 3 is 2.63 bits per heavy atom. The Kier molecular flexibility index (Phi) is 11.3. The highest BCUT2D eigenvalue weighted by Gasteiger charge is 2.35. The number of imidazole rings is 1. The van der Waals surface area contributed by atoms with Gasteiger partial charge < -0.3 is 34.7 Å². The molecule has 2 atom stereocenters. The van der Waals surface area contributed by atoms with Crippen molar-refractivity contribution in [1.82, 2.24) is 25.6 Å². The van der Waals surface area contributed by atoms with Gasteiger partial charge in [-0.1, -0.05) is 36.8 Å². The van der Waals surface area contributed by atoms with Crippen LogP contribution in [0, 0.1) is 0 Å². The maximum Gasteiger partial charge on any atom is 0.350 e. The zero-order valence-corrected chi connectivity index (χ0v) is 23.7. The van der Waals surface area contributed by atoms with Gasteiger partial charge in [0.25, 0.3) is 11.8 Å². The number of piperidine rings is 1. The van der Waals surface area contributed by atoms with Crippen LogP contribution in [-0.4, -0.2) is 91.4 Å². The fraction of sp³-hybridized carbons (Fsp3) is 0.625. The molecule has 0 radical (unpaired) electrons. The third kappa shape index (κ3) is 7.43. The van der Waals surface area contributed by atoms with Crippen molar-refractivity contribution in [2.24, 2.45) is 0 Å². The number of nitrogens with zero attached hydrogens (tertiary/aromatic N) is 3. The third-order valence-electron chi connectivity index (χ3n) is 5.86. The number of H-pyrrole nitrogens is 1. The molecule has 1 aliphatic heterocycles. The summed E-state index contributed by atoms with van der Waals surface area (Å²) in [7, 11) is 1.53. The fourth-order valence-electron chi connectivity index (χ4n) is 3.94. The molecule has 1 aliphatic rings. The molecule has 1 fully saturated rings. The Hall–Kier alpha value is -2.74. The molecule has 3 N–H and O–H groups in total. The number of esters is 1. The van der Waals surface area contributed by atoms with E-state index >= 15 is 0 Å². The van der Waals surface area contributed by atoms with Crippen LogP contribution in [0.3, 0.4) is 0 Å². The average molecular weight is 571 g/mol. The largest absolute Gasteiger partial charge is 0.462 e. The van der Waals surface area contributed by atoms with Crippen LogP contribution >= 0.6 is 22.9 Å². The Morgan fingerprint density at radius 2 is 1.97 bits per heavy atom. The Bertz CT molecular complexity index is 1110. The average Bonchev–Trinajstić information content (AvgIpc) is 3.52. The summed E-state index contributed by atoms with van der Waals surface area (Å²) in [5, 5.41) is 6.52. The molecule has 2 amide bonds. The number of anilines is 1. The van der Waals surface area contributed by atoms with Crippen molar-refractivity contribution < 1.29 is 28.6 Å². The number of rotatable bonds is 13. The van der Waals surface area contributed by atoms with Crippen LogP contribution in [0.25, 0.3) is 0 Å². The minimum atomic E-state index is -0.599. The highest BCUT2D eigenvalue weighted by Crippen LogP contribution is 2.30. The molecule has 0 aromatic carbocycles. The molecule has 0 saturated carbocycles. The number of hydrogen-bond acceptors (Lipinski definition) is 10. The Labute approximate surface area is 230 Å². The second-order valence-corrected chi connectivity index (χ2v) is 9.91. The maximum absolute atomic E-state index is 12.9. The summed E-state index contributed by atoms with van der Waals surface area (Å²) in [6.07, 6.45) is 1.64. The van der Waals surface area contributed by atoms with Crippen molar-refractivity contribution in [3.63, 3.8) is 0 Å². The molecule has 0 unspecified atom stereocenters. The van der Waals surface area contributed by atoms with Gasteiger partial charge in [0.05, 0.1) is 31.1 Å². The second kappa shape index (κ2) is 14.4. The number of amides is 2. The number of halogens is 1. The fourth-order valence-corrected chi connectivity index (χ4v) is 5.20. The van der Waals surface area contributed by atoms with Crippen molar-refractivity contribution in [3.8, 4) is 0 Å². The summed E-state index contributed by atoms with van der Waals surface area (Å²) in [6, 6.07) is -0.277. The number of hydrogen-bond donors (Lipinski definition) is 3. The van der Waals surface area contributed by atoms with Crippen LogP contribution in [0.2, 0.25) is 5.15 Å². The zero-order valence-electron chi connectivity index (χ0n) is 22.1. The molecule has 0 spiro atoms. The van der Waals surface area contributed by atoms with Gasteiger partial charge in [0.1, 0.15) is 4.88 Å².